The number of amides is 2. The zero-order valence-electron chi connectivity index (χ0n) is 13.0. The molecule has 2 unspecified atom stereocenters. The van der Waals surface area contributed by atoms with E-state index in [4.69, 9.17) is 5.73 Å². The van der Waals surface area contributed by atoms with E-state index in [1.54, 1.807) is 19.0 Å². The van der Waals surface area contributed by atoms with Gasteiger partial charge in [0.2, 0.25) is 11.8 Å². The molecule has 0 heterocycles. The van der Waals surface area contributed by atoms with E-state index in [-0.39, 0.29) is 23.8 Å². The Hall–Kier alpha value is -1.88. The van der Waals surface area contributed by atoms with Crippen LogP contribution in [0.25, 0.3) is 0 Å². The summed E-state index contributed by atoms with van der Waals surface area (Å²) in [4.78, 5) is 25.0. The molecule has 0 aliphatic heterocycles. The van der Waals surface area contributed by atoms with Gasteiger partial charge < -0.3 is 16.0 Å². The Morgan fingerprint density at radius 3 is 2.43 bits per heavy atom. The first-order valence-corrected chi connectivity index (χ1v) is 7.22. The van der Waals surface area contributed by atoms with Gasteiger partial charge in [0.1, 0.15) is 0 Å². The van der Waals surface area contributed by atoms with Gasteiger partial charge in [-0.1, -0.05) is 37.3 Å². The van der Waals surface area contributed by atoms with E-state index in [1.807, 2.05) is 37.3 Å². The number of rotatable bonds is 7. The van der Waals surface area contributed by atoms with Crippen molar-refractivity contribution in [3.63, 3.8) is 0 Å². The van der Waals surface area contributed by atoms with Gasteiger partial charge in [-0.15, -0.1) is 0 Å². The van der Waals surface area contributed by atoms with Crippen LogP contribution in [0.4, 0.5) is 0 Å². The molecule has 0 spiro atoms. The summed E-state index contributed by atoms with van der Waals surface area (Å²) in [6.45, 7) is 2.31. The Bertz CT molecular complexity index is 460. The van der Waals surface area contributed by atoms with Crippen LogP contribution >= 0.6 is 0 Å². The van der Waals surface area contributed by atoms with E-state index in [0.717, 1.165) is 5.56 Å². The van der Waals surface area contributed by atoms with Crippen molar-refractivity contribution in [1.82, 2.24) is 10.2 Å². The van der Waals surface area contributed by atoms with E-state index in [0.29, 0.717) is 19.4 Å². The van der Waals surface area contributed by atoms with Crippen LogP contribution in [0.1, 0.15) is 31.4 Å². The summed E-state index contributed by atoms with van der Waals surface area (Å²) in [5.74, 6) is -0.320. The van der Waals surface area contributed by atoms with Gasteiger partial charge in [0, 0.05) is 33.1 Å². The van der Waals surface area contributed by atoms with Gasteiger partial charge in [-0.2, -0.15) is 0 Å². The molecule has 3 N–H and O–H groups in total. The minimum Gasteiger partial charge on any atom is -0.356 e. The van der Waals surface area contributed by atoms with Gasteiger partial charge in [0.15, 0.2) is 0 Å². The van der Waals surface area contributed by atoms with Crippen LogP contribution in [-0.4, -0.2) is 37.4 Å². The third kappa shape index (κ3) is 5.55. The molecule has 2 atom stereocenters. The van der Waals surface area contributed by atoms with Crippen molar-refractivity contribution in [3.05, 3.63) is 35.9 Å². The topological polar surface area (TPSA) is 75.4 Å². The quantitative estimate of drug-likeness (QED) is 0.744. The molecule has 0 radical (unpaired) electrons. The lowest BCUT2D eigenvalue weighted by Gasteiger charge is -2.20. The van der Waals surface area contributed by atoms with Crippen LogP contribution in [0, 0.1) is 5.92 Å². The van der Waals surface area contributed by atoms with Crippen molar-refractivity contribution >= 4 is 11.8 Å². The van der Waals surface area contributed by atoms with E-state index in [1.165, 1.54) is 0 Å². The second kappa shape index (κ2) is 8.42. The summed E-state index contributed by atoms with van der Waals surface area (Å²) in [7, 11) is 3.45. The molecule has 5 heteroatoms. The predicted molar refractivity (Wildman–Crippen MR) is 83.5 cm³/mol. The third-order valence-electron chi connectivity index (χ3n) is 3.50. The fourth-order valence-electron chi connectivity index (χ4n) is 1.96. The predicted octanol–water partition coefficient (Wildman–Crippen LogP) is 1.31. The lowest BCUT2D eigenvalue weighted by molar-refractivity contribution is -0.129. The van der Waals surface area contributed by atoms with Crippen molar-refractivity contribution < 1.29 is 9.59 Å². The summed E-state index contributed by atoms with van der Waals surface area (Å²) in [6.07, 6.45) is 1.07. The van der Waals surface area contributed by atoms with Crippen molar-refractivity contribution in [2.24, 2.45) is 11.7 Å². The number of hydrogen-bond donors (Lipinski definition) is 2. The maximum atomic E-state index is 12.0. The lowest BCUT2D eigenvalue weighted by Crippen LogP contribution is -2.36. The normalized spacial score (nSPS) is 13.3. The molecule has 0 bridgehead atoms. The molecule has 116 valence electrons. The Balaban J connectivity index is 2.36. The highest BCUT2D eigenvalue weighted by Crippen LogP contribution is 2.18. The number of carbonyl (C=O) groups excluding carboxylic acids is 2. The van der Waals surface area contributed by atoms with E-state index in [9.17, 15) is 9.59 Å². The molecular formula is C16H25N3O2. The summed E-state index contributed by atoms with van der Waals surface area (Å²) in [6, 6.07) is 9.26. The molecule has 2 amide bonds. The minimum absolute atomic E-state index is 0.0679. The number of carbonyl (C=O) groups is 2. The fourth-order valence-corrected chi connectivity index (χ4v) is 1.96. The Morgan fingerprint density at radius 1 is 1.24 bits per heavy atom. The fraction of sp³-hybridized carbons (Fsp3) is 0.500. The Labute approximate surface area is 126 Å². The summed E-state index contributed by atoms with van der Waals surface area (Å²) >= 11 is 0. The van der Waals surface area contributed by atoms with Gasteiger partial charge in [-0.3, -0.25) is 9.59 Å². The molecule has 21 heavy (non-hydrogen) atoms. The van der Waals surface area contributed by atoms with Crippen LogP contribution in [0.15, 0.2) is 30.3 Å². The number of benzene rings is 1. The highest BCUT2D eigenvalue weighted by Gasteiger charge is 2.21. The molecule has 1 rings (SSSR count). The molecule has 0 aromatic heterocycles. The molecular weight excluding hydrogens is 266 g/mol. The van der Waals surface area contributed by atoms with Gasteiger partial charge in [-0.25, -0.2) is 0 Å². The standard InChI is InChI=1S/C16H25N3O2/c1-12(15(17)13-8-5-4-6-9-13)16(21)18-11-7-10-14(20)19(2)3/h4-6,8-9,12,15H,7,10-11,17H2,1-3H3,(H,18,21). The molecule has 1 aromatic carbocycles. The van der Waals surface area contributed by atoms with Crippen LogP contribution in [0.3, 0.4) is 0 Å². The smallest absolute Gasteiger partial charge is 0.224 e. The average Bonchev–Trinajstić information content (AvgIpc) is 2.50. The molecule has 0 aliphatic rings. The monoisotopic (exact) mass is 291 g/mol. The first-order valence-electron chi connectivity index (χ1n) is 7.22. The summed E-state index contributed by atoms with van der Waals surface area (Å²) < 4.78 is 0. The second-order valence-electron chi connectivity index (χ2n) is 5.41. The number of nitrogens with one attached hydrogen (secondary N) is 1. The van der Waals surface area contributed by atoms with Gasteiger partial charge in [-0.05, 0) is 12.0 Å². The molecule has 0 aliphatic carbocycles. The van der Waals surface area contributed by atoms with E-state index in [2.05, 4.69) is 5.32 Å². The van der Waals surface area contributed by atoms with Crippen molar-refractivity contribution in [2.45, 2.75) is 25.8 Å². The van der Waals surface area contributed by atoms with Crippen LogP contribution in [0.2, 0.25) is 0 Å². The van der Waals surface area contributed by atoms with Gasteiger partial charge >= 0.3 is 0 Å². The average molecular weight is 291 g/mol. The lowest BCUT2D eigenvalue weighted by atomic mass is 9.94. The summed E-state index contributed by atoms with van der Waals surface area (Å²) in [5, 5.41) is 2.84. The summed E-state index contributed by atoms with van der Waals surface area (Å²) in [5.41, 5.74) is 7.06. The number of hydrogen-bond acceptors (Lipinski definition) is 3. The van der Waals surface area contributed by atoms with Crippen LogP contribution in [-0.2, 0) is 9.59 Å². The molecule has 5 nitrogen and oxygen atoms in total. The molecule has 0 saturated heterocycles. The Kier molecular flexibility index (Phi) is 6.88. The van der Waals surface area contributed by atoms with Crippen LogP contribution < -0.4 is 11.1 Å². The zero-order valence-corrected chi connectivity index (χ0v) is 13.0. The highest BCUT2D eigenvalue weighted by atomic mass is 16.2. The highest BCUT2D eigenvalue weighted by molar-refractivity contribution is 5.79. The van der Waals surface area contributed by atoms with Crippen molar-refractivity contribution in [1.29, 1.82) is 0 Å². The van der Waals surface area contributed by atoms with E-state index < -0.39 is 0 Å². The maximum absolute atomic E-state index is 12.0. The molecule has 0 saturated carbocycles. The third-order valence-corrected chi connectivity index (χ3v) is 3.50. The van der Waals surface area contributed by atoms with Crippen molar-refractivity contribution in [3.8, 4) is 0 Å². The maximum Gasteiger partial charge on any atom is 0.224 e. The molecule has 0 fully saturated rings. The Morgan fingerprint density at radius 2 is 1.86 bits per heavy atom. The van der Waals surface area contributed by atoms with Gasteiger partial charge in [0.25, 0.3) is 0 Å². The van der Waals surface area contributed by atoms with Gasteiger partial charge in [0.05, 0.1) is 5.92 Å². The first kappa shape index (κ1) is 17.2. The van der Waals surface area contributed by atoms with Crippen LogP contribution in [0.5, 0.6) is 0 Å². The zero-order chi connectivity index (χ0) is 15.8. The van der Waals surface area contributed by atoms with E-state index >= 15 is 0 Å². The van der Waals surface area contributed by atoms with Crippen molar-refractivity contribution in [2.75, 3.05) is 20.6 Å². The molecule has 1 aromatic rings. The largest absolute Gasteiger partial charge is 0.356 e. The number of nitrogens with zero attached hydrogens (tertiary/aromatic N) is 1. The minimum atomic E-state index is -0.324. The first-order chi connectivity index (χ1) is 9.93. The number of nitrogens with two attached hydrogens (primary N) is 1. The second-order valence-corrected chi connectivity index (χ2v) is 5.41. The SMILES string of the molecule is CC(C(=O)NCCCC(=O)N(C)C)C(N)c1ccccc1.